The van der Waals surface area contributed by atoms with Crippen molar-refractivity contribution in [3.05, 3.63) is 0 Å². The number of aliphatic carboxylic acids is 1. The van der Waals surface area contributed by atoms with E-state index in [0.29, 0.717) is 38.5 Å². The molecule has 3 fully saturated rings. The fourth-order valence-corrected chi connectivity index (χ4v) is 8.52. The molecule has 0 radical (unpaired) electrons. The molecule has 67 heavy (non-hydrogen) atoms. The fourth-order valence-electron chi connectivity index (χ4n) is 8.52. The zero-order valence-corrected chi connectivity index (χ0v) is 40.0. The Labute approximate surface area is 395 Å². The highest BCUT2D eigenvalue weighted by molar-refractivity contribution is 5.71. The number of aliphatic hydroxyl groups is 10. The minimum Gasteiger partial charge on any atom is -0.479 e. The van der Waals surface area contributed by atoms with E-state index >= 15 is 0 Å². The van der Waals surface area contributed by atoms with Crippen molar-refractivity contribution >= 4 is 11.9 Å². The predicted molar refractivity (Wildman–Crippen MR) is 239 cm³/mol. The molecule has 0 amide bonds. The zero-order valence-electron chi connectivity index (χ0n) is 40.0. The number of esters is 1. The highest BCUT2D eigenvalue weighted by atomic mass is 16.8. The topological polar surface area (TPSA) is 321 Å². The summed E-state index contributed by atoms with van der Waals surface area (Å²) in [5.41, 5.74) is 0. The van der Waals surface area contributed by atoms with E-state index in [1.165, 1.54) is 0 Å². The summed E-state index contributed by atoms with van der Waals surface area (Å²) in [5.74, 6) is -1.75. The lowest BCUT2D eigenvalue weighted by atomic mass is 9.98. The van der Waals surface area contributed by atoms with Crippen LogP contribution in [0.4, 0.5) is 0 Å². The molecule has 3 heterocycles. The van der Waals surface area contributed by atoms with E-state index in [2.05, 4.69) is 0 Å². The summed E-state index contributed by atoms with van der Waals surface area (Å²) < 4.78 is 40.8. The van der Waals surface area contributed by atoms with E-state index in [1.54, 1.807) is 0 Å². The summed E-state index contributed by atoms with van der Waals surface area (Å²) >= 11 is 0. The van der Waals surface area contributed by atoms with Crippen LogP contribution < -0.4 is 0 Å². The Morgan fingerprint density at radius 3 is 1.58 bits per heavy atom. The van der Waals surface area contributed by atoms with Gasteiger partial charge in [0, 0.05) is 6.42 Å². The highest BCUT2D eigenvalue weighted by Crippen LogP contribution is 2.32. The summed E-state index contributed by atoms with van der Waals surface area (Å²) in [7, 11) is 0. The van der Waals surface area contributed by atoms with Gasteiger partial charge < -0.3 is 89.3 Å². The van der Waals surface area contributed by atoms with Crippen LogP contribution >= 0.6 is 0 Å². The van der Waals surface area contributed by atoms with Gasteiger partial charge in [-0.3, -0.25) is 4.79 Å². The Balaban J connectivity index is 1.48. The number of aliphatic hydroxyl groups excluding tert-OH is 10. The van der Waals surface area contributed by atoms with E-state index in [0.717, 1.165) is 89.9 Å². The van der Waals surface area contributed by atoms with Crippen LogP contribution in [0.2, 0.25) is 0 Å². The SMILES string of the molecule is CCCC[C@H](CCC[C@H](O)[C@@H](O)CCCCCCCCCCCCCC[C@H](O)C(=O)O)O[C@H]1OC[C@H](O)C(O)[C@@H]1O[C@H]1OC[C@H](O)[C@@H](O)[C@@H]1O[C@H]1OC(COC(=O)CC(C)C)[C@H](O)[C@@H](O)[C@@H]1O. The number of rotatable bonds is 34. The smallest absolute Gasteiger partial charge is 0.332 e. The predicted octanol–water partition coefficient (Wildman–Crippen LogP) is 1.68. The molecule has 20 nitrogen and oxygen atoms in total. The van der Waals surface area contributed by atoms with Gasteiger partial charge in [0.2, 0.25) is 0 Å². The second-order valence-corrected chi connectivity index (χ2v) is 19.2. The summed E-state index contributed by atoms with van der Waals surface area (Å²) in [5, 5.41) is 115. The molecule has 20 heteroatoms. The Kier molecular flexibility index (Phi) is 28.7. The van der Waals surface area contributed by atoms with Crippen molar-refractivity contribution in [1.29, 1.82) is 0 Å². The third kappa shape index (κ3) is 21.3. The molecular weight excluding hydrogens is 884 g/mol. The quantitative estimate of drug-likeness (QED) is 0.0323. The van der Waals surface area contributed by atoms with Crippen LogP contribution in [-0.2, 0) is 42.7 Å². The molecule has 0 aromatic heterocycles. The van der Waals surface area contributed by atoms with Gasteiger partial charge in [-0.2, -0.15) is 0 Å². The lowest BCUT2D eigenvalue weighted by Crippen LogP contribution is -2.64. The Hall–Kier alpha value is -1.70. The van der Waals surface area contributed by atoms with Crippen LogP contribution in [0.5, 0.6) is 0 Å². The maximum atomic E-state index is 12.2. The molecule has 0 saturated carbocycles. The standard InChI is InChI=1S/C47H86O20/c1-4-5-19-29(20-18-23-31(49)30(48)21-16-14-12-10-8-6-7-9-11-13-15-17-22-32(50)44(59)60)64-46-42(37(54)33(51)25-62-46)67-47-43(38(55)34(52)26-63-47)66-45-41(58)40(57)39(56)35(65-45)27-61-36(53)24-28(2)3/h28-35,37-43,45-52,54-58H,4-27H2,1-3H3,(H,59,60)/t29-,30+,31+,32+,33+,34+,35?,37?,38-,39+,40-,41+,42+,43+,45-,46-,47-/m1/s1. The van der Waals surface area contributed by atoms with Gasteiger partial charge in [-0.25, -0.2) is 4.79 Å². The summed E-state index contributed by atoms with van der Waals surface area (Å²) in [6.07, 6.45) is -7.52. The Bertz CT molecular complexity index is 1330. The normalized spacial score (nSPS) is 32.2. The number of carbonyl (C=O) groups is 2. The number of hydrogen-bond acceptors (Lipinski definition) is 19. The second-order valence-electron chi connectivity index (χ2n) is 19.2. The number of carboxylic acids is 1. The molecule has 0 aliphatic carbocycles. The average molecular weight is 971 g/mol. The number of carbonyl (C=O) groups excluding carboxylic acids is 1. The maximum Gasteiger partial charge on any atom is 0.332 e. The first-order valence-electron chi connectivity index (χ1n) is 25.0. The summed E-state index contributed by atoms with van der Waals surface area (Å²) in [4.78, 5) is 22.9. The van der Waals surface area contributed by atoms with Crippen molar-refractivity contribution in [2.24, 2.45) is 5.92 Å². The minimum atomic E-state index is -1.88. The van der Waals surface area contributed by atoms with Crippen molar-refractivity contribution in [2.45, 2.75) is 260 Å². The number of ether oxygens (including phenoxy) is 7. The van der Waals surface area contributed by atoms with Crippen molar-refractivity contribution in [2.75, 3.05) is 19.8 Å². The van der Waals surface area contributed by atoms with Gasteiger partial charge in [-0.1, -0.05) is 111 Å². The van der Waals surface area contributed by atoms with Gasteiger partial charge in [0.25, 0.3) is 0 Å². The minimum absolute atomic E-state index is 0.0120. The molecule has 0 spiro atoms. The molecular formula is C47H86O20. The summed E-state index contributed by atoms with van der Waals surface area (Å²) in [6, 6.07) is 0. The zero-order chi connectivity index (χ0) is 49.5. The molecule has 0 bridgehead atoms. The highest BCUT2D eigenvalue weighted by Gasteiger charge is 2.51. The first-order valence-corrected chi connectivity index (χ1v) is 25.0. The Morgan fingerprint density at radius 1 is 0.567 bits per heavy atom. The van der Waals surface area contributed by atoms with Crippen molar-refractivity contribution in [3.63, 3.8) is 0 Å². The van der Waals surface area contributed by atoms with Crippen LogP contribution in [0.1, 0.15) is 156 Å². The number of hydrogen-bond donors (Lipinski definition) is 11. The van der Waals surface area contributed by atoms with Gasteiger partial charge in [-0.05, 0) is 44.4 Å². The van der Waals surface area contributed by atoms with Crippen LogP contribution in [-0.4, -0.2) is 192 Å². The van der Waals surface area contributed by atoms with Gasteiger partial charge in [0.15, 0.2) is 25.0 Å². The summed E-state index contributed by atoms with van der Waals surface area (Å²) in [6.45, 7) is 4.40. The first-order chi connectivity index (χ1) is 31.9. The van der Waals surface area contributed by atoms with Crippen LogP contribution in [0.25, 0.3) is 0 Å². The molecule has 3 saturated heterocycles. The van der Waals surface area contributed by atoms with Gasteiger partial charge in [0.05, 0.1) is 31.5 Å². The lowest BCUT2D eigenvalue weighted by molar-refractivity contribution is -0.380. The van der Waals surface area contributed by atoms with E-state index in [4.69, 9.17) is 38.3 Å². The average Bonchev–Trinajstić information content (AvgIpc) is 3.29. The van der Waals surface area contributed by atoms with Crippen molar-refractivity contribution < 1.29 is 98.9 Å². The maximum absolute atomic E-state index is 12.2. The van der Waals surface area contributed by atoms with Gasteiger partial charge in [0.1, 0.15) is 67.6 Å². The second kappa shape index (κ2) is 32.3. The fraction of sp³-hybridized carbons (Fsp3) is 0.957. The molecule has 3 aliphatic rings. The van der Waals surface area contributed by atoms with E-state index in [1.807, 2.05) is 20.8 Å². The van der Waals surface area contributed by atoms with Gasteiger partial charge >= 0.3 is 11.9 Å². The largest absolute Gasteiger partial charge is 0.479 e. The number of unbranched alkanes of at least 4 members (excludes halogenated alkanes) is 12. The molecule has 2 unspecified atom stereocenters. The number of carboxylic acid groups (broad SMARTS) is 1. The molecule has 11 N–H and O–H groups in total. The molecule has 0 aromatic rings. The van der Waals surface area contributed by atoms with Crippen molar-refractivity contribution in [3.8, 4) is 0 Å². The molecule has 394 valence electrons. The third-order valence-electron chi connectivity index (χ3n) is 12.8. The van der Waals surface area contributed by atoms with E-state index in [9.17, 15) is 60.7 Å². The lowest BCUT2D eigenvalue weighted by Gasteiger charge is -2.46. The van der Waals surface area contributed by atoms with Crippen LogP contribution in [0, 0.1) is 5.92 Å². The van der Waals surface area contributed by atoms with E-state index < -0.39 is 129 Å². The first kappa shape index (κ1) is 59.6. The monoisotopic (exact) mass is 971 g/mol. The van der Waals surface area contributed by atoms with Gasteiger partial charge in [-0.15, -0.1) is 0 Å². The third-order valence-corrected chi connectivity index (χ3v) is 12.8. The molecule has 17 atom stereocenters. The molecule has 3 rings (SSSR count). The van der Waals surface area contributed by atoms with Crippen LogP contribution in [0.15, 0.2) is 0 Å². The van der Waals surface area contributed by atoms with Crippen molar-refractivity contribution in [1.82, 2.24) is 0 Å². The van der Waals surface area contributed by atoms with Crippen LogP contribution in [0.3, 0.4) is 0 Å². The van der Waals surface area contributed by atoms with E-state index in [-0.39, 0.29) is 18.9 Å². The Morgan fingerprint density at radius 2 is 1.04 bits per heavy atom. The molecule has 3 aliphatic heterocycles. The molecule has 0 aromatic carbocycles.